The van der Waals surface area contributed by atoms with E-state index in [2.05, 4.69) is 52.0 Å². The fraction of sp³-hybridized carbons (Fsp3) is 0.625. The summed E-state index contributed by atoms with van der Waals surface area (Å²) in [5, 5.41) is 0. The van der Waals surface area contributed by atoms with Gasteiger partial charge in [-0.25, -0.2) is 0 Å². The van der Waals surface area contributed by atoms with Crippen molar-refractivity contribution in [2.75, 3.05) is 23.0 Å². The van der Waals surface area contributed by atoms with Gasteiger partial charge in [-0.2, -0.15) is 0 Å². The Morgan fingerprint density at radius 2 is 0.850 bits per heavy atom. The van der Waals surface area contributed by atoms with Crippen molar-refractivity contribution in [3.8, 4) is 0 Å². The van der Waals surface area contributed by atoms with Crippen molar-refractivity contribution in [2.24, 2.45) is 0 Å². The second-order valence-electron chi connectivity index (χ2n) is 4.48. The zero-order valence-electron chi connectivity index (χ0n) is 13.1. The molecule has 1 aromatic rings. The van der Waals surface area contributed by atoms with Crippen molar-refractivity contribution in [1.82, 2.24) is 0 Å². The normalized spacial score (nSPS) is 10.3. The van der Waals surface area contributed by atoms with Crippen LogP contribution in [0.4, 0.5) is 0 Å². The lowest BCUT2D eigenvalue weighted by molar-refractivity contribution is -0.001000. The molecule has 118 valence electrons. The average molecular weight is 355 g/mol. The van der Waals surface area contributed by atoms with Gasteiger partial charge in [0.1, 0.15) is 34.5 Å². The average Bonchev–Trinajstić information content (AvgIpc) is 2.43. The summed E-state index contributed by atoms with van der Waals surface area (Å²) in [6.07, 6.45) is 0. The first-order valence-electron chi connectivity index (χ1n) is 7.09. The summed E-state index contributed by atoms with van der Waals surface area (Å²) in [6.45, 7) is 9.26. The number of benzene rings is 1. The minimum absolute atomic E-state index is 0. The lowest BCUT2D eigenvalue weighted by Crippen LogP contribution is -3.00. The van der Waals surface area contributed by atoms with Crippen LogP contribution in [0.3, 0.4) is 0 Å². The molecule has 0 aliphatic carbocycles. The van der Waals surface area contributed by atoms with Crippen LogP contribution in [-0.2, 0) is 33.3 Å². The van der Waals surface area contributed by atoms with E-state index in [0.717, 1.165) is 0 Å². The highest BCUT2D eigenvalue weighted by molar-refractivity contribution is 7.96. The maximum absolute atomic E-state index is 2.35. The summed E-state index contributed by atoms with van der Waals surface area (Å²) in [5.41, 5.74) is 3.05. The third-order valence-electron chi connectivity index (χ3n) is 3.40. The summed E-state index contributed by atoms with van der Waals surface area (Å²) < 4.78 is 0. The largest absolute Gasteiger partial charge is 1.00 e. The molecule has 0 fully saturated rings. The zero-order valence-corrected chi connectivity index (χ0v) is 16.3. The molecule has 20 heavy (non-hydrogen) atoms. The van der Waals surface area contributed by atoms with E-state index in [1.54, 1.807) is 0 Å². The van der Waals surface area contributed by atoms with Gasteiger partial charge in [-0.3, -0.25) is 0 Å². The molecule has 0 saturated carbocycles. The Morgan fingerprint density at radius 1 is 0.600 bits per heavy atom. The van der Waals surface area contributed by atoms with E-state index < -0.39 is 0 Å². The molecule has 0 aromatic heterocycles. The van der Waals surface area contributed by atoms with Gasteiger partial charge >= 0.3 is 0 Å². The van der Waals surface area contributed by atoms with E-state index in [9.17, 15) is 0 Å². The van der Waals surface area contributed by atoms with E-state index in [-0.39, 0.29) is 24.8 Å². The molecule has 0 unspecified atom stereocenters. The van der Waals surface area contributed by atoms with Gasteiger partial charge in [0.25, 0.3) is 0 Å². The predicted octanol–water partition coefficient (Wildman–Crippen LogP) is -1.99. The Morgan fingerprint density at radius 3 is 1.05 bits per heavy atom. The molecule has 0 bridgehead atoms. The number of hydrogen-bond donors (Lipinski definition) is 0. The standard InChI is InChI=1S/C16H28S2.2ClH/c1-5-17(6-2)13-15-9-11-16(12-10-15)14-18(7-3)8-4;;/h9-12H,5-8,13-14H2,1-4H3;2*1H/q+2;;/p-2. The Hall–Kier alpha value is 0.500. The monoisotopic (exact) mass is 354 g/mol. The van der Waals surface area contributed by atoms with E-state index in [1.807, 2.05) is 0 Å². The minimum atomic E-state index is 0. The highest BCUT2D eigenvalue weighted by Crippen LogP contribution is 2.14. The third kappa shape index (κ3) is 8.07. The molecule has 0 radical (unpaired) electrons. The fourth-order valence-electron chi connectivity index (χ4n) is 2.02. The molecule has 0 aliphatic heterocycles. The summed E-state index contributed by atoms with van der Waals surface area (Å²) in [5.74, 6) is 7.86. The first-order chi connectivity index (χ1) is 8.73. The molecule has 0 amide bonds. The maximum atomic E-state index is 2.35. The zero-order chi connectivity index (χ0) is 13.4. The van der Waals surface area contributed by atoms with Crippen LogP contribution < -0.4 is 24.8 Å². The SMILES string of the molecule is CC[S+](CC)Cc1ccc(C[S+](CC)CC)cc1.[Cl-].[Cl-]. The summed E-state index contributed by atoms with van der Waals surface area (Å²) in [4.78, 5) is 0. The first-order valence-corrected chi connectivity index (χ1v) is 10.6. The van der Waals surface area contributed by atoms with Gasteiger partial charge in [-0.05, 0) is 49.5 Å². The van der Waals surface area contributed by atoms with Crippen LogP contribution >= 0.6 is 0 Å². The molecule has 0 aliphatic rings. The molecule has 0 nitrogen and oxygen atoms in total. The lowest BCUT2D eigenvalue weighted by Gasteiger charge is -2.07. The Kier molecular flexibility index (Phi) is 15.0. The molecule has 1 aromatic carbocycles. The quantitative estimate of drug-likeness (QED) is 0.474. The lowest BCUT2D eigenvalue weighted by atomic mass is 10.2. The molecule has 4 heteroatoms. The Bertz CT molecular complexity index is 287. The van der Waals surface area contributed by atoms with E-state index in [0.29, 0.717) is 21.8 Å². The molecule has 0 heterocycles. The van der Waals surface area contributed by atoms with E-state index >= 15 is 0 Å². The second kappa shape index (κ2) is 13.2. The summed E-state index contributed by atoms with van der Waals surface area (Å²) in [6, 6.07) is 9.42. The minimum Gasteiger partial charge on any atom is -1.00 e. The Balaban J connectivity index is 0. The second-order valence-corrected chi connectivity index (χ2v) is 9.82. The van der Waals surface area contributed by atoms with Gasteiger partial charge in [-0.1, -0.05) is 24.3 Å². The number of hydrogen-bond acceptors (Lipinski definition) is 0. The van der Waals surface area contributed by atoms with Crippen molar-refractivity contribution in [3.63, 3.8) is 0 Å². The molecule has 0 spiro atoms. The first kappa shape index (κ1) is 22.8. The fourth-order valence-corrected chi connectivity index (χ4v) is 4.98. The summed E-state index contributed by atoms with van der Waals surface area (Å²) in [7, 11) is 1.18. The van der Waals surface area contributed by atoms with Crippen LogP contribution in [0, 0.1) is 0 Å². The molecule has 1 rings (SSSR count). The number of rotatable bonds is 8. The number of halogens is 2. The molecule has 0 saturated heterocycles. The molecule has 0 N–H and O–H groups in total. The van der Waals surface area contributed by atoms with E-state index in [4.69, 9.17) is 0 Å². The molecule has 0 atom stereocenters. The van der Waals surface area contributed by atoms with Crippen molar-refractivity contribution in [2.45, 2.75) is 39.2 Å². The van der Waals surface area contributed by atoms with Crippen LogP contribution in [0.5, 0.6) is 0 Å². The maximum Gasteiger partial charge on any atom is 0.133 e. The van der Waals surface area contributed by atoms with Crippen molar-refractivity contribution < 1.29 is 24.8 Å². The van der Waals surface area contributed by atoms with Gasteiger partial charge in [0.2, 0.25) is 0 Å². The highest BCUT2D eigenvalue weighted by Gasteiger charge is 2.15. The topological polar surface area (TPSA) is 0 Å². The van der Waals surface area contributed by atoms with E-state index in [1.165, 1.54) is 45.6 Å². The van der Waals surface area contributed by atoms with Gasteiger partial charge < -0.3 is 24.8 Å². The predicted molar refractivity (Wildman–Crippen MR) is 90.7 cm³/mol. The van der Waals surface area contributed by atoms with Gasteiger partial charge in [-0.15, -0.1) is 0 Å². The van der Waals surface area contributed by atoms with Crippen LogP contribution in [0.2, 0.25) is 0 Å². The Labute approximate surface area is 144 Å². The van der Waals surface area contributed by atoms with Gasteiger partial charge in [0.15, 0.2) is 0 Å². The van der Waals surface area contributed by atoms with Gasteiger partial charge in [0, 0.05) is 11.1 Å². The third-order valence-corrected chi connectivity index (χ3v) is 8.15. The van der Waals surface area contributed by atoms with Crippen LogP contribution in [-0.4, -0.2) is 23.0 Å². The van der Waals surface area contributed by atoms with Crippen LogP contribution in [0.1, 0.15) is 38.8 Å². The smallest absolute Gasteiger partial charge is 0.133 e. The van der Waals surface area contributed by atoms with Crippen LogP contribution in [0.25, 0.3) is 0 Å². The van der Waals surface area contributed by atoms with Crippen molar-refractivity contribution in [1.29, 1.82) is 0 Å². The van der Waals surface area contributed by atoms with Crippen molar-refractivity contribution >= 4 is 21.8 Å². The highest BCUT2D eigenvalue weighted by atomic mass is 35.5. The van der Waals surface area contributed by atoms with Gasteiger partial charge in [0.05, 0.1) is 0 Å². The summed E-state index contributed by atoms with van der Waals surface area (Å²) >= 11 is 0. The molecular weight excluding hydrogens is 327 g/mol. The van der Waals surface area contributed by atoms with Crippen molar-refractivity contribution in [3.05, 3.63) is 35.4 Å². The van der Waals surface area contributed by atoms with Crippen LogP contribution in [0.15, 0.2) is 24.3 Å². The molecular formula is C16H28Cl2S2.